The Bertz CT molecular complexity index is 1170. The van der Waals surface area contributed by atoms with Gasteiger partial charge in [0, 0.05) is 25.6 Å². The highest BCUT2D eigenvalue weighted by Crippen LogP contribution is 2.29. The molecule has 33 heavy (non-hydrogen) atoms. The van der Waals surface area contributed by atoms with E-state index in [4.69, 9.17) is 14.4 Å². The molecule has 1 saturated heterocycles. The molecule has 12 heteroatoms. The van der Waals surface area contributed by atoms with E-state index in [9.17, 15) is 13.2 Å². The van der Waals surface area contributed by atoms with Crippen LogP contribution in [-0.4, -0.2) is 57.6 Å². The van der Waals surface area contributed by atoms with E-state index in [1.165, 1.54) is 25.3 Å². The number of alkyl halides is 3. The molecule has 0 radical (unpaired) electrons. The van der Waals surface area contributed by atoms with E-state index in [2.05, 4.69) is 36.9 Å². The van der Waals surface area contributed by atoms with Gasteiger partial charge in [0.2, 0.25) is 0 Å². The van der Waals surface area contributed by atoms with Crippen LogP contribution in [0.15, 0.2) is 40.9 Å². The number of methoxy groups -OCH3 is 1. The summed E-state index contributed by atoms with van der Waals surface area (Å²) in [5, 5.41) is 20.9. The van der Waals surface area contributed by atoms with Gasteiger partial charge in [-0.1, -0.05) is 23.1 Å². The second-order valence-corrected chi connectivity index (χ2v) is 7.15. The second kappa shape index (κ2) is 9.05. The summed E-state index contributed by atoms with van der Waals surface area (Å²) in [6, 6.07) is 8.87. The summed E-state index contributed by atoms with van der Waals surface area (Å²) < 4.78 is 52.0. The first kappa shape index (κ1) is 22.5. The van der Waals surface area contributed by atoms with E-state index in [0.29, 0.717) is 36.6 Å². The average molecular weight is 461 g/mol. The van der Waals surface area contributed by atoms with E-state index < -0.39 is 12.0 Å². The molecular weight excluding hydrogens is 443 g/mol. The molecule has 3 heterocycles. The molecule has 1 fully saturated rings. The van der Waals surface area contributed by atoms with Gasteiger partial charge in [0.1, 0.15) is 18.0 Å². The molecule has 0 spiro atoms. The first-order chi connectivity index (χ1) is 15.8. The van der Waals surface area contributed by atoms with Crippen molar-refractivity contribution in [2.75, 3.05) is 25.1 Å². The lowest BCUT2D eigenvalue weighted by Crippen LogP contribution is -2.34. The molecule has 4 rings (SSSR count). The molecule has 0 amide bonds. The fraction of sp³-hybridized carbons (Fsp3) is 0.333. The van der Waals surface area contributed by atoms with Gasteiger partial charge in [-0.2, -0.15) is 4.98 Å². The maximum absolute atomic E-state index is 12.4. The Morgan fingerprint density at radius 1 is 1.24 bits per heavy atom. The van der Waals surface area contributed by atoms with Crippen LogP contribution >= 0.6 is 0 Å². The Kier molecular flexibility index (Phi) is 6.17. The lowest BCUT2D eigenvalue weighted by atomic mass is 10.0. The van der Waals surface area contributed by atoms with Crippen molar-refractivity contribution in [1.29, 1.82) is 0 Å². The molecule has 1 aliphatic heterocycles. The first-order valence-corrected chi connectivity index (χ1v) is 9.76. The van der Waals surface area contributed by atoms with E-state index in [1.807, 2.05) is 4.90 Å². The molecule has 1 aromatic carbocycles. The molecule has 172 valence electrons. The van der Waals surface area contributed by atoms with Gasteiger partial charge < -0.3 is 24.0 Å². The van der Waals surface area contributed by atoms with Gasteiger partial charge >= 0.3 is 6.36 Å². The predicted molar refractivity (Wildman–Crippen MR) is 108 cm³/mol. The van der Waals surface area contributed by atoms with Gasteiger partial charge in [-0.3, -0.25) is 0 Å². The number of aliphatic hydroxyl groups excluding tert-OH is 1. The van der Waals surface area contributed by atoms with Gasteiger partial charge in [-0.25, -0.2) is 0 Å². The van der Waals surface area contributed by atoms with Crippen LogP contribution in [0.3, 0.4) is 0 Å². The third-order valence-electron chi connectivity index (χ3n) is 4.93. The van der Waals surface area contributed by atoms with Gasteiger partial charge in [-0.15, -0.1) is 23.4 Å². The third-order valence-corrected chi connectivity index (χ3v) is 4.93. The highest BCUT2D eigenvalue weighted by atomic mass is 19.4. The summed E-state index contributed by atoms with van der Waals surface area (Å²) in [7, 11) is 1.53. The third kappa shape index (κ3) is 5.39. The first-order valence-electron chi connectivity index (χ1n) is 9.76. The summed E-state index contributed by atoms with van der Waals surface area (Å²) in [4.78, 5) is 5.92. The molecule has 1 atom stereocenters. The summed E-state index contributed by atoms with van der Waals surface area (Å²) >= 11 is 0. The van der Waals surface area contributed by atoms with Crippen LogP contribution < -0.4 is 9.64 Å². The van der Waals surface area contributed by atoms with Crippen molar-refractivity contribution >= 4 is 5.82 Å². The Morgan fingerprint density at radius 2 is 2.09 bits per heavy atom. The summed E-state index contributed by atoms with van der Waals surface area (Å²) in [5.74, 6) is 6.47. The van der Waals surface area contributed by atoms with Crippen molar-refractivity contribution in [2.24, 2.45) is 0 Å². The highest BCUT2D eigenvalue weighted by molar-refractivity contribution is 5.51. The second-order valence-electron chi connectivity index (χ2n) is 7.15. The zero-order valence-electron chi connectivity index (χ0n) is 17.3. The van der Waals surface area contributed by atoms with Crippen molar-refractivity contribution in [2.45, 2.75) is 25.0 Å². The number of rotatable bonds is 5. The van der Waals surface area contributed by atoms with Crippen LogP contribution in [0.4, 0.5) is 19.0 Å². The number of aliphatic hydroxyl groups is 1. The van der Waals surface area contributed by atoms with Crippen LogP contribution in [0.1, 0.15) is 17.8 Å². The lowest BCUT2D eigenvalue weighted by Gasteiger charge is -2.22. The summed E-state index contributed by atoms with van der Waals surface area (Å²) in [6.07, 6.45) is -4.21. The molecule has 3 aromatic rings. The minimum absolute atomic E-state index is 0.147. The van der Waals surface area contributed by atoms with E-state index in [0.717, 1.165) is 0 Å². The SMILES string of the molecule is COC1(C#Cc2cccc(OC(F)(F)F)c2)CCN(c2ccc(-c3nc(CO)no3)nn2)C1. The minimum Gasteiger partial charge on any atom is -0.406 e. The van der Waals surface area contributed by atoms with E-state index in [-0.39, 0.29) is 24.1 Å². The molecule has 1 aliphatic rings. The summed E-state index contributed by atoms with van der Waals surface area (Å²) in [5.41, 5.74) is -0.0921. The fourth-order valence-electron chi connectivity index (χ4n) is 3.28. The van der Waals surface area contributed by atoms with Gasteiger partial charge in [-0.05, 0) is 30.3 Å². The summed E-state index contributed by atoms with van der Waals surface area (Å²) in [6.45, 7) is 0.629. The van der Waals surface area contributed by atoms with Gasteiger partial charge in [0.15, 0.2) is 17.3 Å². The maximum atomic E-state index is 12.4. The van der Waals surface area contributed by atoms with Gasteiger partial charge in [0.25, 0.3) is 5.89 Å². The quantitative estimate of drug-likeness (QED) is 0.574. The molecule has 1 N–H and O–H groups in total. The molecule has 0 bridgehead atoms. The molecule has 2 aromatic heterocycles. The predicted octanol–water partition coefficient (Wildman–Crippen LogP) is 2.56. The maximum Gasteiger partial charge on any atom is 0.573 e. The number of hydrogen-bond donors (Lipinski definition) is 1. The number of halogens is 3. The molecule has 0 aliphatic carbocycles. The number of aromatic nitrogens is 4. The van der Waals surface area contributed by atoms with Crippen LogP contribution in [0.2, 0.25) is 0 Å². The number of nitrogens with zero attached hydrogens (tertiary/aromatic N) is 5. The zero-order valence-corrected chi connectivity index (χ0v) is 17.3. The standard InChI is InChI=1S/C21H18F3N5O4/c1-31-20(8-7-14-3-2-4-15(11-14)32-21(22,23)24)9-10-29(13-20)18-6-5-16(26-27-18)19-25-17(12-30)28-33-19/h2-6,11,30H,9-10,12-13H2,1H3. The Hall–Kier alpha value is -3.69. The fourth-order valence-corrected chi connectivity index (χ4v) is 3.28. The molecular formula is C21H18F3N5O4. The molecule has 0 saturated carbocycles. The monoisotopic (exact) mass is 461 g/mol. The van der Waals surface area contributed by atoms with Crippen molar-refractivity contribution in [3.8, 4) is 29.2 Å². The number of benzene rings is 1. The van der Waals surface area contributed by atoms with Crippen molar-refractivity contribution < 1.29 is 32.3 Å². The van der Waals surface area contributed by atoms with Crippen molar-refractivity contribution in [1.82, 2.24) is 20.3 Å². The van der Waals surface area contributed by atoms with Crippen molar-refractivity contribution in [3.05, 3.63) is 47.8 Å². The lowest BCUT2D eigenvalue weighted by molar-refractivity contribution is -0.274. The largest absolute Gasteiger partial charge is 0.573 e. The zero-order chi connectivity index (χ0) is 23.5. The average Bonchev–Trinajstić information content (AvgIpc) is 3.45. The normalized spacial score (nSPS) is 18.2. The van der Waals surface area contributed by atoms with E-state index in [1.54, 1.807) is 18.2 Å². The van der Waals surface area contributed by atoms with Crippen LogP contribution in [0, 0.1) is 11.8 Å². The van der Waals surface area contributed by atoms with Gasteiger partial charge in [0.05, 0.1) is 6.54 Å². The Labute approximate surface area is 186 Å². The Morgan fingerprint density at radius 3 is 2.76 bits per heavy atom. The highest BCUT2D eigenvalue weighted by Gasteiger charge is 2.37. The number of ether oxygens (including phenoxy) is 2. The minimum atomic E-state index is -4.77. The topological polar surface area (TPSA) is 107 Å². The van der Waals surface area contributed by atoms with Crippen LogP contribution in [0.5, 0.6) is 5.75 Å². The smallest absolute Gasteiger partial charge is 0.406 e. The molecule has 9 nitrogen and oxygen atoms in total. The van der Waals surface area contributed by atoms with Crippen molar-refractivity contribution in [3.63, 3.8) is 0 Å². The van der Waals surface area contributed by atoms with E-state index >= 15 is 0 Å². The number of anilines is 1. The van der Waals surface area contributed by atoms with Crippen LogP contribution in [-0.2, 0) is 11.3 Å². The molecule has 1 unspecified atom stereocenters. The number of hydrogen-bond acceptors (Lipinski definition) is 9. The van der Waals surface area contributed by atoms with Crippen LogP contribution in [0.25, 0.3) is 11.6 Å². The Balaban J connectivity index is 1.47.